The fourth-order valence-corrected chi connectivity index (χ4v) is 2.54. The molecule has 1 aliphatic heterocycles. The zero-order valence-corrected chi connectivity index (χ0v) is 12.0. The number of fused-ring (bicyclic) bond motifs is 1. The van der Waals surface area contributed by atoms with Crippen molar-refractivity contribution in [3.8, 4) is 5.75 Å². The number of ether oxygens (including phenoxy) is 1. The molecule has 0 saturated heterocycles. The molecule has 1 aliphatic rings. The maximum Gasteiger partial charge on any atom is 0.123 e. The second-order valence-corrected chi connectivity index (χ2v) is 5.49. The summed E-state index contributed by atoms with van der Waals surface area (Å²) < 4.78 is 5.94. The van der Waals surface area contributed by atoms with Gasteiger partial charge in [0.25, 0.3) is 0 Å². The molecule has 0 saturated carbocycles. The van der Waals surface area contributed by atoms with Crippen LogP contribution in [-0.4, -0.2) is 17.6 Å². The topological polar surface area (TPSA) is 34.2 Å². The molecule has 0 fully saturated rings. The van der Waals surface area contributed by atoms with Gasteiger partial charge in [0.15, 0.2) is 0 Å². The van der Waals surface area contributed by atoms with Crippen molar-refractivity contribution in [2.75, 3.05) is 6.54 Å². The third kappa shape index (κ3) is 2.99. The van der Waals surface area contributed by atoms with E-state index in [9.17, 15) is 0 Å². The first-order chi connectivity index (χ1) is 9.70. The monoisotopic (exact) mass is 268 g/mol. The maximum atomic E-state index is 5.94. The Kier molecular flexibility index (Phi) is 3.70. The predicted octanol–water partition coefficient (Wildman–Crippen LogP) is 2.79. The second kappa shape index (κ2) is 5.63. The Morgan fingerprint density at radius 1 is 1.25 bits per heavy atom. The van der Waals surface area contributed by atoms with Crippen LogP contribution in [0.15, 0.2) is 36.5 Å². The van der Waals surface area contributed by atoms with E-state index in [-0.39, 0.29) is 6.10 Å². The quantitative estimate of drug-likeness (QED) is 0.926. The molecule has 104 valence electrons. The molecule has 0 radical (unpaired) electrons. The Morgan fingerprint density at radius 3 is 2.95 bits per heavy atom. The van der Waals surface area contributed by atoms with Crippen LogP contribution < -0.4 is 10.1 Å². The lowest BCUT2D eigenvalue weighted by Gasteiger charge is -2.11. The summed E-state index contributed by atoms with van der Waals surface area (Å²) in [5.74, 6) is 1.04. The zero-order chi connectivity index (χ0) is 13.9. The molecule has 0 aliphatic carbocycles. The summed E-state index contributed by atoms with van der Waals surface area (Å²) in [4.78, 5) is 4.30. The molecular formula is C17H20N2O. The van der Waals surface area contributed by atoms with Crippen molar-refractivity contribution in [1.82, 2.24) is 10.3 Å². The van der Waals surface area contributed by atoms with Crippen LogP contribution in [0.2, 0.25) is 0 Å². The first-order valence-corrected chi connectivity index (χ1v) is 7.09. The first-order valence-electron chi connectivity index (χ1n) is 7.09. The third-order valence-corrected chi connectivity index (χ3v) is 3.63. The van der Waals surface area contributed by atoms with E-state index in [0.717, 1.165) is 31.0 Å². The lowest BCUT2D eigenvalue weighted by Crippen LogP contribution is -2.29. The van der Waals surface area contributed by atoms with Gasteiger partial charge in [0.05, 0.1) is 0 Å². The number of hydrogen-bond acceptors (Lipinski definition) is 3. The van der Waals surface area contributed by atoms with Gasteiger partial charge in [-0.25, -0.2) is 0 Å². The number of benzene rings is 1. The molecule has 1 unspecified atom stereocenters. The molecule has 0 spiro atoms. The molecule has 2 aromatic rings. The number of rotatable bonds is 4. The molecule has 1 atom stereocenters. The number of nitrogens with zero attached hydrogens (tertiary/aromatic N) is 1. The molecule has 20 heavy (non-hydrogen) atoms. The van der Waals surface area contributed by atoms with E-state index < -0.39 is 0 Å². The highest BCUT2D eigenvalue weighted by atomic mass is 16.5. The van der Waals surface area contributed by atoms with Crippen LogP contribution in [0.4, 0.5) is 0 Å². The smallest absolute Gasteiger partial charge is 0.123 e. The molecule has 1 aromatic carbocycles. The maximum absolute atomic E-state index is 5.94. The predicted molar refractivity (Wildman–Crippen MR) is 80.0 cm³/mol. The number of hydrogen-bond donors (Lipinski definition) is 1. The van der Waals surface area contributed by atoms with Gasteiger partial charge in [-0.3, -0.25) is 4.98 Å². The Hall–Kier alpha value is -1.87. The van der Waals surface area contributed by atoms with Gasteiger partial charge in [-0.2, -0.15) is 0 Å². The highest BCUT2D eigenvalue weighted by Crippen LogP contribution is 2.29. The largest absolute Gasteiger partial charge is 0.488 e. The van der Waals surface area contributed by atoms with E-state index in [4.69, 9.17) is 4.74 Å². The molecule has 0 amide bonds. The average Bonchev–Trinajstić information content (AvgIpc) is 2.83. The number of nitrogens with one attached hydrogen (secondary N) is 1. The van der Waals surface area contributed by atoms with E-state index in [2.05, 4.69) is 41.5 Å². The van der Waals surface area contributed by atoms with E-state index in [1.807, 2.05) is 19.2 Å². The molecule has 1 aromatic heterocycles. The molecule has 1 N–H and O–H groups in total. The number of aryl methyl sites for hydroxylation is 2. The molecule has 0 bridgehead atoms. The SMILES string of the molecule is Cc1ccc2c(c1)CC(CNCc1ccc(C)nc1)O2. The Morgan fingerprint density at radius 2 is 2.15 bits per heavy atom. The highest BCUT2D eigenvalue weighted by molar-refractivity contribution is 5.40. The van der Waals surface area contributed by atoms with Crippen molar-refractivity contribution in [2.24, 2.45) is 0 Å². The standard InChI is InChI=1S/C17H20N2O/c1-12-3-6-17-15(7-12)8-16(20-17)11-18-9-14-5-4-13(2)19-10-14/h3-7,10,16,18H,8-9,11H2,1-2H3. The van der Waals surface area contributed by atoms with Crippen LogP contribution in [0.1, 0.15) is 22.4 Å². The van der Waals surface area contributed by atoms with E-state index >= 15 is 0 Å². The average molecular weight is 268 g/mol. The highest BCUT2D eigenvalue weighted by Gasteiger charge is 2.22. The van der Waals surface area contributed by atoms with Crippen LogP contribution in [0.3, 0.4) is 0 Å². The van der Waals surface area contributed by atoms with Crippen molar-refractivity contribution in [1.29, 1.82) is 0 Å². The van der Waals surface area contributed by atoms with E-state index in [0.29, 0.717) is 0 Å². The van der Waals surface area contributed by atoms with Crippen LogP contribution >= 0.6 is 0 Å². The van der Waals surface area contributed by atoms with Crippen molar-refractivity contribution in [3.63, 3.8) is 0 Å². The van der Waals surface area contributed by atoms with Gasteiger partial charge in [-0.1, -0.05) is 23.8 Å². The third-order valence-electron chi connectivity index (χ3n) is 3.63. The van der Waals surface area contributed by atoms with Crippen molar-refractivity contribution in [2.45, 2.75) is 32.9 Å². The molecule has 3 heteroatoms. The lowest BCUT2D eigenvalue weighted by molar-refractivity contribution is 0.227. The summed E-state index contributed by atoms with van der Waals surface area (Å²) in [5.41, 5.74) is 4.89. The van der Waals surface area contributed by atoms with Gasteiger partial charge in [0.1, 0.15) is 11.9 Å². The van der Waals surface area contributed by atoms with Crippen LogP contribution in [0.25, 0.3) is 0 Å². The Bertz CT molecular complexity index is 592. The van der Waals surface area contributed by atoms with Gasteiger partial charge >= 0.3 is 0 Å². The lowest BCUT2D eigenvalue weighted by atomic mass is 10.1. The summed E-state index contributed by atoms with van der Waals surface area (Å²) in [6.07, 6.45) is 3.16. The normalized spacial score (nSPS) is 16.8. The minimum Gasteiger partial charge on any atom is -0.488 e. The summed E-state index contributed by atoms with van der Waals surface area (Å²) in [6, 6.07) is 10.6. The minimum atomic E-state index is 0.241. The van der Waals surface area contributed by atoms with Crippen molar-refractivity contribution >= 4 is 0 Å². The van der Waals surface area contributed by atoms with Gasteiger partial charge in [0, 0.05) is 31.4 Å². The number of aromatic nitrogens is 1. The summed E-state index contributed by atoms with van der Waals surface area (Å²) >= 11 is 0. The summed E-state index contributed by atoms with van der Waals surface area (Å²) in [5, 5.41) is 3.45. The van der Waals surface area contributed by atoms with Crippen LogP contribution in [0, 0.1) is 13.8 Å². The Balaban J connectivity index is 1.50. The fourth-order valence-electron chi connectivity index (χ4n) is 2.54. The first kappa shape index (κ1) is 13.1. The van der Waals surface area contributed by atoms with Crippen LogP contribution in [-0.2, 0) is 13.0 Å². The van der Waals surface area contributed by atoms with Gasteiger partial charge in [-0.15, -0.1) is 0 Å². The van der Waals surface area contributed by atoms with Crippen LogP contribution in [0.5, 0.6) is 5.75 Å². The van der Waals surface area contributed by atoms with Gasteiger partial charge < -0.3 is 10.1 Å². The molecular weight excluding hydrogens is 248 g/mol. The van der Waals surface area contributed by atoms with Crippen molar-refractivity contribution < 1.29 is 4.74 Å². The Labute approximate surface area is 120 Å². The minimum absolute atomic E-state index is 0.241. The zero-order valence-electron chi connectivity index (χ0n) is 12.0. The van der Waals surface area contributed by atoms with Crippen molar-refractivity contribution in [3.05, 3.63) is 58.9 Å². The molecule has 3 rings (SSSR count). The summed E-state index contributed by atoms with van der Waals surface area (Å²) in [7, 11) is 0. The fraction of sp³-hybridized carbons (Fsp3) is 0.353. The van der Waals surface area contributed by atoms with Gasteiger partial charge in [0.2, 0.25) is 0 Å². The summed E-state index contributed by atoms with van der Waals surface area (Å²) in [6.45, 7) is 5.82. The van der Waals surface area contributed by atoms with E-state index in [1.165, 1.54) is 16.7 Å². The van der Waals surface area contributed by atoms with Gasteiger partial charge in [-0.05, 0) is 37.1 Å². The van der Waals surface area contributed by atoms with E-state index in [1.54, 1.807) is 0 Å². The second-order valence-electron chi connectivity index (χ2n) is 5.49. The molecule has 2 heterocycles. The number of pyridine rings is 1. The molecule has 3 nitrogen and oxygen atoms in total.